The van der Waals surface area contributed by atoms with Crippen molar-refractivity contribution in [1.82, 2.24) is 0 Å². The van der Waals surface area contributed by atoms with Crippen LogP contribution in [-0.2, 0) is 11.3 Å². The summed E-state index contributed by atoms with van der Waals surface area (Å²) in [6.07, 6.45) is 0. The molecule has 1 unspecified atom stereocenters. The van der Waals surface area contributed by atoms with Gasteiger partial charge in [-0.1, -0.05) is 20.8 Å². The zero-order valence-electron chi connectivity index (χ0n) is 19.5. The van der Waals surface area contributed by atoms with Crippen molar-refractivity contribution in [3.8, 4) is 28.7 Å². The molecule has 1 atom stereocenters. The number of hydrogen-bond donors (Lipinski definition) is 4. The molecule has 178 valence electrons. The van der Waals surface area contributed by atoms with Crippen LogP contribution in [0, 0.1) is 19.3 Å². The number of aromatic carboxylic acids is 1. The maximum atomic E-state index is 13.2. The second kappa shape index (κ2) is 8.57. The predicted octanol–water partition coefficient (Wildman–Crippen LogP) is 4.32. The highest BCUT2D eigenvalue weighted by atomic mass is 16.6. The van der Waals surface area contributed by atoms with Gasteiger partial charge in [-0.25, -0.2) is 9.59 Å². The maximum absolute atomic E-state index is 13.2. The predicted molar refractivity (Wildman–Crippen MR) is 119 cm³/mol. The van der Waals surface area contributed by atoms with E-state index in [1.807, 2.05) is 20.8 Å². The standard InChI is InChI=1S/C24H29NO8/c1-7-31-9-12-17(27)15(22(28)29)11(3)18-19(12)33-23(30)14-10(2)8-13(26)16(20(14)32-18)21(25)24(4,5)6/h8,21,26-27H,7,9,25H2,1-6H3,(H,28,29). The van der Waals surface area contributed by atoms with Crippen molar-refractivity contribution in [3.05, 3.63) is 39.4 Å². The highest BCUT2D eigenvalue weighted by Crippen LogP contribution is 2.52. The van der Waals surface area contributed by atoms with Crippen molar-refractivity contribution in [2.75, 3.05) is 6.61 Å². The van der Waals surface area contributed by atoms with Crippen LogP contribution < -0.4 is 15.2 Å². The minimum Gasteiger partial charge on any atom is -0.507 e. The molecule has 1 aliphatic rings. The van der Waals surface area contributed by atoms with Crippen molar-refractivity contribution >= 4 is 11.9 Å². The number of carbonyl (C=O) groups excluding carboxylic acids is 1. The van der Waals surface area contributed by atoms with Gasteiger partial charge in [0, 0.05) is 18.2 Å². The maximum Gasteiger partial charge on any atom is 0.347 e. The number of esters is 1. The van der Waals surface area contributed by atoms with Crippen LogP contribution in [0.5, 0.6) is 28.7 Å². The molecule has 33 heavy (non-hydrogen) atoms. The SMILES string of the molecule is CCOCc1c(O)c(C(=O)O)c(C)c2c1OC(=O)c1c(C)cc(O)c(C(N)C(C)(C)C)c1O2. The number of hydrogen-bond acceptors (Lipinski definition) is 8. The third-order valence-corrected chi connectivity index (χ3v) is 5.73. The smallest absolute Gasteiger partial charge is 0.347 e. The first-order valence-corrected chi connectivity index (χ1v) is 10.5. The Labute approximate surface area is 191 Å². The normalized spacial score (nSPS) is 14.0. The van der Waals surface area contributed by atoms with Crippen LogP contribution in [0.1, 0.15) is 76.7 Å². The molecule has 0 saturated carbocycles. The quantitative estimate of drug-likeness (QED) is 0.379. The third-order valence-electron chi connectivity index (χ3n) is 5.73. The first-order valence-electron chi connectivity index (χ1n) is 10.5. The van der Waals surface area contributed by atoms with Crippen molar-refractivity contribution in [2.45, 2.75) is 54.2 Å². The fourth-order valence-electron chi connectivity index (χ4n) is 3.81. The van der Waals surface area contributed by atoms with E-state index in [1.54, 1.807) is 13.8 Å². The lowest BCUT2D eigenvalue weighted by molar-refractivity contribution is 0.0691. The van der Waals surface area contributed by atoms with Crippen molar-refractivity contribution in [2.24, 2.45) is 11.1 Å². The van der Waals surface area contributed by atoms with Gasteiger partial charge in [0.2, 0.25) is 0 Å². The minimum atomic E-state index is -1.39. The number of phenolic OH excluding ortho intramolecular Hbond substituents is 1. The summed E-state index contributed by atoms with van der Waals surface area (Å²) >= 11 is 0. The Kier molecular flexibility index (Phi) is 6.32. The molecule has 1 aliphatic heterocycles. The summed E-state index contributed by atoms with van der Waals surface area (Å²) in [7, 11) is 0. The van der Waals surface area contributed by atoms with Gasteiger partial charge in [0.05, 0.1) is 17.7 Å². The molecule has 0 amide bonds. The summed E-state index contributed by atoms with van der Waals surface area (Å²) in [5, 5.41) is 31.2. The van der Waals surface area contributed by atoms with E-state index in [1.165, 1.54) is 13.0 Å². The number of phenols is 2. The molecule has 2 aromatic rings. The van der Waals surface area contributed by atoms with Gasteiger partial charge >= 0.3 is 11.9 Å². The van der Waals surface area contributed by atoms with E-state index in [9.17, 15) is 24.9 Å². The fourth-order valence-corrected chi connectivity index (χ4v) is 3.81. The zero-order valence-corrected chi connectivity index (χ0v) is 19.5. The Morgan fingerprint density at radius 3 is 2.33 bits per heavy atom. The molecule has 5 N–H and O–H groups in total. The molecule has 0 aromatic heterocycles. The van der Waals surface area contributed by atoms with E-state index in [0.717, 1.165) is 0 Å². The number of nitrogens with two attached hydrogens (primary N) is 1. The van der Waals surface area contributed by atoms with Crippen LogP contribution >= 0.6 is 0 Å². The number of carboxylic acids is 1. The second-order valence-electron chi connectivity index (χ2n) is 9.09. The molecule has 3 rings (SSSR count). The number of rotatable bonds is 5. The average Bonchev–Trinajstić information content (AvgIpc) is 2.83. The van der Waals surface area contributed by atoms with Gasteiger partial charge in [-0.05, 0) is 37.8 Å². The number of carboxylic acid groups (broad SMARTS) is 1. The van der Waals surface area contributed by atoms with Crippen LogP contribution in [0.25, 0.3) is 0 Å². The van der Waals surface area contributed by atoms with Gasteiger partial charge in [-0.3, -0.25) is 0 Å². The van der Waals surface area contributed by atoms with Crippen LogP contribution in [-0.4, -0.2) is 33.9 Å². The second-order valence-corrected chi connectivity index (χ2v) is 9.09. The third kappa shape index (κ3) is 4.09. The highest BCUT2D eigenvalue weighted by Gasteiger charge is 2.38. The molecule has 2 aromatic carbocycles. The Balaban J connectivity index is 2.40. The lowest BCUT2D eigenvalue weighted by atomic mass is 9.81. The number of benzene rings is 2. The summed E-state index contributed by atoms with van der Waals surface area (Å²) in [4.78, 5) is 25.2. The highest BCUT2D eigenvalue weighted by molar-refractivity contribution is 6.00. The Hall–Kier alpha value is -3.30. The summed E-state index contributed by atoms with van der Waals surface area (Å²) in [6.45, 7) is 10.5. The molecule has 0 saturated heterocycles. The first kappa shape index (κ1) is 24.3. The molecule has 0 bridgehead atoms. The topological polar surface area (TPSA) is 149 Å². The van der Waals surface area contributed by atoms with Crippen LogP contribution in [0.15, 0.2) is 6.07 Å². The van der Waals surface area contributed by atoms with Gasteiger partial charge in [0.1, 0.15) is 22.6 Å². The molecule has 9 nitrogen and oxygen atoms in total. The first-order chi connectivity index (χ1) is 15.3. The molecule has 9 heteroatoms. The molecule has 0 aliphatic carbocycles. The monoisotopic (exact) mass is 459 g/mol. The largest absolute Gasteiger partial charge is 0.507 e. The van der Waals surface area contributed by atoms with Crippen LogP contribution in [0.4, 0.5) is 0 Å². The summed E-state index contributed by atoms with van der Waals surface area (Å²) in [6, 6.07) is 0.676. The molecule has 0 fully saturated rings. The molecule has 1 heterocycles. The van der Waals surface area contributed by atoms with Gasteiger partial charge < -0.3 is 35.3 Å². The van der Waals surface area contributed by atoms with E-state index >= 15 is 0 Å². The Bertz CT molecular complexity index is 1150. The number of aryl methyl sites for hydroxylation is 1. The average molecular weight is 459 g/mol. The molecular formula is C24H29NO8. The number of fused-ring (bicyclic) bond motifs is 2. The fraction of sp³-hybridized carbons (Fsp3) is 0.417. The Morgan fingerprint density at radius 2 is 1.79 bits per heavy atom. The van der Waals surface area contributed by atoms with Gasteiger partial charge in [-0.2, -0.15) is 0 Å². The Morgan fingerprint density at radius 1 is 1.15 bits per heavy atom. The van der Waals surface area contributed by atoms with Gasteiger partial charge in [0.15, 0.2) is 17.2 Å². The zero-order chi connectivity index (χ0) is 24.8. The van der Waals surface area contributed by atoms with E-state index in [2.05, 4.69) is 0 Å². The number of aromatic hydroxyl groups is 2. The van der Waals surface area contributed by atoms with Crippen molar-refractivity contribution in [1.29, 1.82) is 0 Å². The molecular weight excluding hydrogens is 430 g/mol. The number of ether oxygens (including phenoxy) is 3. The van der Waals surface area contributed by atoms with E-state index in [-0.39, 0.29) is 58.5 Å². The van der Waals surface area contributed by atoms with E-state index in [4.69, 9.17) is 19.9 Å². The summed E-state index contributed by atoms with van der Waals surface area (Å²) in [5.41, 5.74) is 6.19. The summed E-state index contributed by atoms with van der Waals surface area (Å²) < 4.78 is 17.2. The van der Waals surface area contributed by atoms with Crippen LogP contribution in [0.2, 0.25) is 0 Å². The van der Waals surface area contributed by atoms with Crippen molar-refractivity contribution in [3.63, 3.8) is 0 Å². The van der Waals surface area contributed by atoms with Gasteiger partial charge in [0.25, 0.3) is 0 Å². The van der Waals surface area contributed by atoms with Gasteiger partial charge in [-0.15, -0.1) is 0 Å². The van der Waals surface area contributed by atoms with Crippen molar-refractivity contribution < 1.29 is 39.1 Å². The lowest BCUT2D eigenvalue weighted by Crippen LogP contribution is -2.27. The lowest BCUT2D eigenvalue weighted by Gasteiger charge is -2.30. The van der Waals surface area contributed by atoms with E-state index < -0.39 is 34.7 Å². The molecule has 0 radical (unpaired) electrons. The summed E-state index contributed by atoms with van der Waals surface area (Å²) in [5.74, 6) is -3.12. The van der Waals surface area contributed by atoms with Crippen LogP contribution in [0.3, 0.4) is 0 Å². The minimum absolute atomic E-state index is 0.00818. The molecule has 0 spiro atoms. The van der Waals surface area contributed by atoms with E-state index in [0.29, 0.717) is 5.56 Å². The number of carbonyl (C=O) groups is 2.